The van der Waals surface area contributed by atoms with Crippen molar-refractivity contribution in [2.75, 3.05) is 23.7 Å². The highest BCUT2D eigenvalue weighted by Crippen LogP contribution is 2.27. The second-order valence-electron chi connectivity index (χ2n) is 6.61. The van der Waals surface area contributed by atoms with Gasteiger partial charge in [-0.2, -0.15) is 0 Å². The molecule has 4 N–H and O–H groups in total. The molecular formula is C21H23N5O3S. The van der Waals surface area contributed by atoms with Gasteiger partial charge in [-0.3, -0.25) is 10.1 Å². The highest BCUT2D eigenvalue weighted by molar-refractivity contribution is 7.22. The number of aryl methyl sites for hydroxylation is 1. The van der Waals surface area contributed by atoms with E-state index in [0.717, 1.165) is 10.3 Å². The molecule has 30 heavy (non-hydrogen) atoms. The lowest BCUT2D eigenvalue weighted by molar-refractivity contribution is 0.0984. The molecule has 3 aromatic rings. The van der Waals surface area contributed by atoms with Gasteiger partial charge in [-0.25, -0.2) is 14.6 Å². The number of aromatic nitrogens is 1. The normalized spacial score (nSPS) is 10.5. The van der Waals surface area contributed by atoms with E-state index in [1.165, 1.54) is 11.3 Å². The summed E-state index contributed by atoms with van der Waals surface area (Å²) in [6.45, 7) is 4.52. The number of benzene rings is 2. The Morgan fingerprint density at radius 2 is 1.80 bits per heavy atom. The fourth-order valence-corrected chi connectivity index (χ4v) is 3.69. The summed E-state index contributed by atoms with van der Waals surface area (Å²) in [4.78, 5) is 40.4. The molecule has 0 aliphatic carbocycles. The molecule has 4 amide bonds. The standard InChI is InChI=1S/C21H23N5O3S/c1-3-22-19(28)26-21-25-16-8-7-14(12-18(16)30-21)17(27)9-10-23-20(29)24-15-6-4-5-13(2)11-15/h4-8,11-12H,3,9-10H2,1-2H3,(H2,23,24,29)(H2,22,25,26,28). The molecule has 156 valence electrons. The number of anilines is 2. The van der Waals surface area contributed by atoms with E-state index in [-0.39, 0.29) is 30.8 Å². The number of carbonyl (C=O) groups is 3. The summed E-state index contributed by atoms with van der Waals surface area (Å²) in [6.07, 6.45) is 0.176. The first-order chi connectivity index (χ1) is 14.4. The molecule has 2 aromatic carbocycles. The number of thiazole rings is 1. The quantitative estimate of drug-likeness (QED) is 0.426. The number of urea groups is 2. The van der Waals surface area contributed by atoms with Crippen molar-refractivity contribution in [2.45, 2.75) is 20.3 Å². The van der Waals surface area contributed by atoms with Gasteiger partial charge in [0.15, 0.2) is 10.9 Å². The first-order valence-electron chi connectivity index (χ1n) is 9.55. The van der Waals surface area contributed by atoms with E-state index < -0.39 is 0 Å². The van der Waals surface area contributed by atoms with Crippen LogP contribution in [0.4, 0.5) is 20.4 Å². The van der Waals surface area contributed by atoms with Gasteiger partial charge in [-0.05, 0) is 49.7 Å². The van der Waals surface area contributed by atoms with Gasteiger partial charge < -0.3 is 16.0 Å². The Labute approximate surface area is 178 Å². The Hall–Kier alpha value is -3.46. The van der Waals surface area contributed by atoms with Crippen LogP contribution in [0.25, 0.3) is 10.2 Å². The zero-order valence-corrected chi connectivity index (χ0v) is 17.6. The van der Waals surface area contributed by atoms with Gasteiger partial charge in [0.25, 0.3) is 0 Å². The molecule has 0 saturated heterocycles. The molecule has 3 rings (SSSR count). The molecule has 0 atom stereocenters. The van der Waals surface area contributed by atoms with Gasteiger partial charge in [-0.1, -0.05) is 23.5 Å². The number of hydrogen-bond donors (Lipinski definition) is 4. The summed E-state index contributed by atoms with van der Waals surface area (Å²) in [6, 6.07) is 12.0. The Bertz CT molecular complexity index is 1080. The van der Waals surface area contributed by atoms with E-state index in [2.05, 4.69) is 26.3 Å². The lowest BCUT2D eigenvalue weighted by atomic mass is 10.1. The largest absolute Gasteiger partial charge is 0.338 e. The molecule has 0 saturated carbocycles. The third-order valence-corrected chi connectivity index (χ3v) is 5.12. The Kier molecular flexibility index (Phi) is 6.97. The number of nitrogens with one attached hydrogen (secondary N) is 4. The van der Waals surface area contributed by atoms with E-state index in [1.807, 2.05) is 32.0 Å². The van der Waals surface area contributed by atoms with Gasteiger partial charge in [-0.15, -0.1) is 0 Å². The molecule has 0 fully saturated rings. The monoisotopic (exact) mass is 425 g/mol. The fraction of sp³-hybridized carbons (Fsp3) is 0.238. The minimum atomic E-state index is -0.354. The average molecular weight is 426 g/mol. The zero-order valence-electron chi connectivity index (χ0n) is 16.7. The molecule has 0 radical (unpaired) electrons. The van der Waals surface area contributed by atoms with Crippen molar-refractivity contribution in [1.82, 2.24) is 15.6 Å². The third kappa shape index (κ3) is 5.77. The van der Waals surface area contributed by atoms with Crippen LogP contribution in [0.3, 0.4) is 0 Å². The first-order valence-corrected chi connectivity index (χ1v) is 10.4. The maximum absolute atomic E-state index is 12.5. The number of amides is 4. The van der Waals surface area contributed by atoms with Crippen molar-refractivity contribution in [3.05, 3.63) is 53.6 Å². The molecule has 1 aromatic heterocycles. The smallest absolute Gasteiger partial charge is 0.321 e. The first kappa shape index (κ1) is 21.3. The zero-order chi connectivity index (χ0) is 21.5. The summed E-state index contributed by atoms with van der Waals surface area (Å²) in [5, 5.41) is 11.2. The van der Waals surface area contributed by atoms with Gasteiger partial charge in [0, 0.05) is 30.8 Å². The summed E-state index contributed by atoms with van der Waals surface area (Å²) in [7, 11) is 0. The Balaban J connectivity index is 1.53. The van der Waals surface area contributed by atoms with Crippen LogP contribution in [0.15, 0.2) is 42.5 Å². The topological polar surface area (TPSA) is 112 Å². The minimum Gasteiger partial charge on any atom is -0.338 e. The number of ketones is 1. The number of nitrogens with zero attached hydrogens (tertiary/aromatic N) is 1. The molecule has 9 heteroatoms. The van der Waals surface area contributed by atoms with Crippen LogP contribution < -0.4 is 21.3 Å². The Morgan fingerprint density at radius 3 is 2.57 bits per heavy atom. The lowest BCUT2D eigenvalue weighted by Gasteiger charge is -2.08. The van der Waals surface area contributed by atoms with Crippen LogP contribution in [0.5, 0.6) is 0 Å². The summed E-state index contributed by atoms with van der Waals surface area (Å²) < 4.78 is 0.804. The van der Waals surface area contributed by atoms with Crippen LogP contribution in [-0.2, 0) is 0 Å². The average Bonchev–Trinajstić information content (AvgIpc) is 3.09. The highest BCUT2D eigenvalue weighted by Gasteiger charge is 2.12. The SMILES string of the molecule is CCNC(=O)Nc1nc2ccc(C(=O)CCNC(=O)Nc3cccc(C)c3)cc2s1. The number of Topliss-reactive ketones (excluding diaryl/α,β-unsaturated/α-hetero) is 1. The van der Waals surface area contributed by atoms with Crippen LogP contribution in [0.2, 0.25) is 0 Å². The number of carbonyl (C=O) groups excluding carboxylic acids is 3. The molecule has 0 aliphatic heterocycles. The molecular weight excluding hydrogens is 402 g/mol. The van der Waals surface area contributed by atoms with Gasteiger partial charge in [0.2, 0.25) is 0 Å². The van der Waals surface area contributed by atoms with Crippen LogP contribution in [0.1, 0.15) is 29.3 Å². The molecule has 8 nitrogen and oxygen atoms in total. The molecule has 0 spiro atoms. The molecule has 0 unspecified atom stereocenters. The second kappa shape index (κ2) is 9.84. The van der Waals surface area contributed by atoms with E-state index in [9.17, 15) is 14.4 Å². The molecule has 1 heterocycles. The van der Waals surface area contributed by atoms with Crippen molar-refractivity contribution in [3.63, 3.8) is 0 Å². The second-order valence-corrected chi connectivity index (χ2v) is 7.64. The van der Waals surface area contributed by atoms with E-state index >= 15 is 0 Å². The highest BCUT2D eigenvalue weighted by atomic mass is 32.1. The van der Waals surface area contributed by atoms with E-state index in [0.29, 0.717) is 28.4 Å². The summed E-state index contributed by atoms with van der Waals surface area (Å²) >= 11 is 1.30. The number of hydrogen-bond acceptors (Lipinski definition) is 5. The predicted molar refractivity (Wildman–Crippen MR) is 119 cm³/mol. The third-order valence-electron chi connectivity index (χ3n) is 4.18. The predicted octanol–water partition coefficient (Wildman–Crippen LogP) is 4.14. The number of rotatable bonds is 7. The summed E-state index contributed by atoms with van der Waals surface area (Å²) in [5.74, 6) is -0.0839. The summed E-state index contributed by atoms with van der Waals surface area (Å²) in [5.41, 5.74) is 2.99. The minimum absolute atomic E-state index is 0.0839. The van der Waals surface area contributed by atoms with Crippen molar-refractivity contribution in [2.24, 2.45) is 0 Å². The van der Waals surface area contributed by atoms with Gasteiger partial charge >= 0.3 is 12.1 Å². The van der Waals surface area contributed by atoms with Crippen molar-refractivity contribution < 1.29 is 14.4 Å². The fourth-order valence-electron chi connectivity index (χ4n) is 2.79. The van der Waals surface area contributed by atoms with Gasteiger partial charge in [0.05, 0.1) is 10.2 Å². The lowest BCUT2D eigenvalue weighted by Crippen LogP contribution is -2.30. The van der Waals surface area contributed by atoms with Crippen LogP contribution in [-0.4, -0.2) is 35.9 Å². The molecule has 0 aliphatic rings. The van der Waals surface area contributed by atoms with Crippen molar-refractivity contribution in [3.8, 4) is 0 Å². The van der Waals surface area contributed by atoms with Crippen molar-refractivity contribution >= 4 is 50.2 Å². The van der Waals surface area contributed by atoms with Crippen molar-refractivity contribution in [1.29, 1.82) is 0 Å². The van der Waals surface area contributed by atoms with E-state index in [1.54, 1.807) is 24.3 Å². The van der Waals surface area contributed by atoms with E-state index in [4.69, 9.17) is 0 Å². The number of fused-ring (bicyclic) bond motifs is 1. The van der Waals surface area contributed by atoms with Crippen LogP contribution >= 0.6 is 11.3 Å². The molecule has 0 bridgehead atoms. The van der Waals surface area contributed by atoms with Crippen LogP contribution in [0, 0.1) is 6.92 Å². The Morgan fingerprint density at radius 1 is 1.00 bits per heavy atom. The maximum atomic E-state index is 12.5. The maximum Gasteiger partial charge on any atom is 0.321 e. The van der Waals surface area contributed by atoms with Gasteiger partial charge in [0.1, 0.15) is 0 Å².